The SMILES string of the molecule is CC(CCCO)NCCCC1CCCCO1. The van der Waals surface area contributed by atoms with Crippen LogP contribution >= 0.6 is 0 Å². The van der Waals surface area contributed by atoms with Crippen LogP contribution in [-0.4, -0.2) is 37.0 Å². The summed E-state index contributed by atoms with van der Waals surface area (Å²) in [6.45, 7) is 4.53. The number of hydrogen-bond donors (Lipinski definition) is 2. The fourth-order valence-electron chi connectivity index (χ4n) is 2.21. The molecule has 3 heteroatoms. The van der Waals surface area contributed by atoms with E-state index in [1.807, 2.05) is 0 Å². The molecular formula is C13H27NO2. The summed E-state index contributed by atoms with van der Waals surface area (Å²) in [5.74, 6) is 0. The Morgan fingerprint density at radius 2 is 2.25 bits per heavy atom. The van der Waals surface area contributed by atoms with Gasteiger partial charge in [-0.15, -0.1) is 0 Å². The van der Waals surface area contributed by atoms with Crippen LogP contribution in [0.1, 0.15) is 51.9 Å². The van der Waals surface area contributed by atoms with Gasteiger partial charge in [-0.3, -0.25) is 0 Å². The predicted octanol–water partition coefficient (Wildman–Crippen LogP) is 2.09. The number of aliphatic hydroxyl groups excluding tert-OH is 1. The molecule has 1 fully saturated rings. The maximum Gasteiger partial charge on any atom is 0.0575 e. The molecule has 2 atom stereocenters. The van der Waals surface area contributed by atoms with Crippen molar-refractivity contribution in [3.05, 3.63) is 0 Å². The summed E-state index contributed by atoms with van der Waals surface area (Å²) in [6, 6.07) is 0.527. The van der Waals surface area contributed by atoms with Crippen LogP contribution in [0, 0.1) is 0 Å². The van der Waals surface area contributed by atoms with Crippen LogP contribution in [0.4, 0.5) is 0 Å². The maximum atomic E-state index is 8.71. The molecule has 0 aliphatic carbocycles. The Morgan fingerprint density at radius 3 is 2.94 bits per heavy atom. The summed E-state index contributed by atoms with van der Waals surface area (Å²) in [5, 5.41) is 12.2. The molecule has 2 unspecified atom stereocenters. The number of aliphatic hydroxyl groups is 1. The lowest BCUT2D eigenvalue weighted by molar-refractivity contribution is 0.0101. The van der Waals surface area contributed by atoms with Crippen molar-refractivity contribution in [1.29, 1.82) is 0 Å². The van der Waals surface area contributed by atoms with Crippen molar-refractivity contribution in [3.8, 4) is 0 Å². The second-order valence-electron chi connectivity index (χ2n) is 4.85. The molecule has 16 heavy (non-hydrogen) atoms. The standard InChI is InChI=1S/C13H27NO2/c1-12(6-5-10-15)14-9-4-8-13-7-2-3-11-16-13/h12-15H,2-11H2,1H3. The molecule has 3 nitrogen and oxygen atoms in total. The Labute approximate surface area is 99.6 Å². The zero-order chi connectivity index (χ0) is 11.6. The van der Waals surface area contributed by atoms with E-state index in [1.165, 1.54) is 32.1 Å². The largest absolute Gasteiger partial charge is 0.396 e. The van der Waals surface area contributed by atoms with E-state index in [4.69, 9.17) is 9.84 Å². The minimum atomic E-state index is 0.307. The Balaban J connectivity index is 1.90. The van der Waals surface area contributed by atoms with Gasteiger partial charge in [0.15, 0.2) is 0 Å². The number of hydrogen-bond acceptors (Lipinski definition) is 3. The van der Waals surface area contributed by atoms with Gasteiger partial charge in [-0.05, 0) is 58.4 Å². The second-order valence-corrected chi connectivity index (χ2v) is 4.85. The normalized spacial score (nSPS) is 23.2. The summed E-state index contributed by atoms with van der Waals surface area (Å²) in [5.41, 5.74) is 0. The first kappa shape index (κ1) is 13.9. The lowest BCUT2D eigenvalue weighted by atomic mass is 10.0. The topological polar surface area (TPSA) is 41.5 Å². The van der Waals surface area contributed by atoms with Crippen LogP contribution in [0.2, 0.25) is 0 Å². The predicted molar refractivity (Wildman–Crippen MR) is 66.6 cm³/mol. The Bertz CT molecular complexity index is 158. The van der Waals surface area contributed by atoms with E-state index < -0.39 is 0 Å². The number of ether oxygens (including phenoxy) is 1. The summed E-state index contributed by atoms with van der Waals surface area (Å²) in [4.78, 5) is 0. The highest BCUT2D eigenvalue weighted by atomic mass is 16.5. The van der Waals surface area contributed by atoms with Crippen LogP contribution in [0.5, 0.6) is 0 Å². The molecule has 1 aliphatic heterocycles. The summed E-state index contributed by atoms with van der Waals surface area (Å²) < 4.78 is 5.69. The van der Waals surface area contributed by atoms with Crippen LogP contribution in [0.15, 0.2) is 0 Å². The Hall–Kier alpha value is -0.120. The molecule has 0 aromatic heterocycles. The van der Waals surface area contributed by atoms with Crippen molar-refractivity contribution in [2.75, 3.05) is 19.8 Å². The van der Waals surface area contributed by atoms with Crippen LogP contribution in [0.3, 0.4) is 0 Å². The highest BCUT2D eigenvalue weighted by molar-refractivity contribution is 4.66. The summed E-state index contributed by atoms with van der Waals surface area (Å²) in [7, 11) is 0. The smallest absolute Gasteiger partial charge is 0.0575 e. The van der Waals surface area contributed by atoms with Crippen molar-refractivity contribution >= 4 is 0 Å². The van der Waals surface area contributed by atoms with Crippen molar-refractivity contribution in [2.45, 2.75) is 64.0 Å². The first-order valence-corrected chi connectivity index (χ1v) is 6.78. The summed E-state index contributed by atoms with van der Waals surface area (Å²) >= 11 is 0. The van der Waals surface area contributed by atoms with E-state index in [-0.39, 0.29) is 0 Å². The fraction of sp³-hybridized carbons (Fsp3) is 1.00. The van der Waals surface area contributed by atoms with Crippen molar-refractivity contribution in [1.82, 2.24) is 5.32 Å². The van der Waals surface area contributed by atoms with E-state index in [2.05, 4.69) is 12.2 Å². The fourth-order valence-corrected chi connectivity index (χ4v) is 2.21. The number of nitrogens with one attached hydrogen (secondary N) is 1. The highest BCUT2D eigenvalue weighted by Crippen LogP contribution is 2.16. The van der Waals surface area contributed by atoms with Gasteiger partial charge in [-0.25, -0.2) is 0 Å². The molecular weight excluding hydrogens is 202 g/mol. The van der Waals surface area contributed by atoms with Crippen LogP contribution < -0.4 is 5.32 Å². The molecule has 1 saturated heterocycles. The molecule has 0 aromatic rings. The Kier molecular flexibility index (Phi) is 7.81. The lowest BCUT2D eigenvalue weighted by Gasteiger charge is -2.22. The molecule has 1 rings (SSSR count). The van der Waals surface area contributed by atoms with Gasteiger partial charge >= 0.3 is 0 Å². The first-order valence-electron chi connectivity index (χ1n) is 6.78. The highest BCUT2D eigenvalue weighted by Gasteiger charge is 2.12. The second kappa shape index (κ2) is 8.97. The van der Waals surface area contributed by atoms with Gasteiger partial charge in [0.2, 0.25) is 0 Å². The quantitative estimate of drug-likeness (QED) is 0.626. The van der Waals surface area contributed by atoms with E-state index in [1.54, 1.807) is 0 Å². The van der Waals surface area contributed by atoms with Gasteiger partial charge in [0.05, 0.1) is 6.10 Å². The molecule has 0 bridgehead atoms. The molecule has 1 aliphatic rings. The van der Waals surface area contributed by atoms with Gasteiger partial charge in [0.25, 0.3) is 0 Å². The number of rotatable bonds is 8. The third-order valence-electron chi connectivity index (χ3n) is 3.26. The van der Waals surface area contributed by atoms with Gasteiger partial charge < -0.3 is 15.2 Å². The maximum absolute atomic E-state index is 8.71. The average molecular weight is 229 g/mol. The third kappa shape index (κ3) is 6.46. The van der Waals surface area contributed by atoms with E-state index in [0.717, 1.165) is 26.0 Å². The third-order valence-corrected chi connectivity index (χ3v) is 3.26. The molecule has 0 spiro atoms. The van der Waals surface area contributed by atoms with Gasteiger partial charge in [-0.2, -0.15) is 0 Å². The monoisotopic (exact) mass is 229 g/mol. The molecule has 0 aromatic carbocycles. The average Bonchev–Trinajstić information content (AvgIpc) is 2.33. The molecule has 96 valence electrons. The first-order chi connectivity index (χ1) is 7.83. The van der Waals surface area contributed by atoms with E-state index in [0.29, 0.717) is 18.8 Å². The molecule has 0 amide bonds. The van der Waals surface area contributed by atoms with Crippen molar-refractivity contribution < 1.29 is 9.84 Å². The van der Waals surface area contributed by atoms with Gasteiger partial charge in [0, 0.05) is 19.3 Å². The van der Waals surface area contributed by atoms with Crippen LogP contribution in [0.25, 0.3) is 0 Å². The molecule has 1 heterocycles. The molecule has 0 saturated carbocycles. The van der Waals surface area contributed by atoms with Crippen LogP contribution in [-0.2, 0) is 4.74 Å². The molecule has 2 N–H and O–H groups in total. The van der Waals surface area contributed by atoms with Gasteiger partial charge in [-0.1, -0.05) is 0 Å². The minimum Gasteiger partial charge on any atom is -0.396 e. The van der Waals surface area contributed by atoms with E-state index in [9.17, 15) is 0 Å². The zero-order valence-corrected chi connectivity index (χ0v) is 10.6. The van der Waals surface area contributed by atoms with Gasteiger partial charge in [0.1, 0.15) is 0 Å². The van der Waals surface area contributed by atoms with E-state index >= 15 is 0 Å². The van der Waals surface area contributed by atoms with Crippen molar-refractivity contribution in [3.63, 3.8) is 0 Å². The molecule has 0 radical (unpaired) electrons. The lowest BCUT2D eigenvalue weighted by Crippen LogP contribution is -2.28. The zero-order valence-electron chi connectivity index (χ0n) is 10.6. The Morgan fingerprint density at radius 1 is 1.38 bits per heavy atom. The summed E-state index contributed by atoms with van der Waals surface area (Å²) in [6.07, 6.45) is 8.71. The van der Waals surface area contributed by atoms with Crippen molar-refractivity contribution in [2.24, 2.45) is 0 Å². The minimum absolute atomic E-state index is 0.307.